The Kier molecular flexibility index (Phi) is 3.79. The third kappa shape index (κ3) is 5.10. The molecule has 0 aliphatic heterocycles. The molecule has 0 radical (unpaired) electrons. The van der Waals surface area contributed by atoms with Crippen LogP contribution in [-0.4, -0.2) is 31.1 Å². The lowest BCUT2D eigenvalue weighted by Crippen LogP contribution is -2.16. The molecule has 0 saturated heterocycles. The average Bonchev–Trinajstić information content (AvgIpc) is 1.83. The molecular formula is C5H10O4. The van der Waals surface area contributed by atoms with Crippen LogP contribution in [0.1, 0.15) is 6.92 Å². The van der Waals surface area contributed by atoms with Crippen LogP contribution in [0.5, 0.6) is 0 Å². The molecule has 1 unspecified atom stereocenters. The van der Waals surface area contributed by atoms with Gasteiger partial charge in [-0.05, 0) is 6.92 Å². The number of ether oxygens (including phenoxy) is 2. The third-order valence-corrected chi connectivity index (χ3v) is 0.844. The molecule has 0 aromatic carbocycles. The topological polar surface area (TPSA) is 55.8 Å². The van der Waals surface area contributed by atoms with Crippen molar-refractivity contribution in [1.29, 1.82) is 0 Å². The summed E-state index contributed by atoms with van der Waals surface area (Å²) in [6, 6.07) is 0. The van der Waals surface area contributed by atoms with E-state index in [1.165, 1.54) is 7.11 Å². The van der Waals surface area contributed by atoms with Gasteiger partial charge in [-0.15, -0.1) is 0 Å². The molecule has 0 amide bonds. The summed E-state index contributed by atoms with van der Waals surface area (Å²) in [5, 5.41) is 7.98. The van der Waals surface area contributed by atoms with Crippen LogP contribution >= 0.6 is 0 Å². The van der Waals surface area contributed by atoms with E-state index in [-0.39, 0.29) is 12.7 Å². The molecule has 1 atom stereocenters. The maximum absolute atomic E-state index is 9.74. The second-order valence-corrected chi connectivity index (χ2v) is 1.62. The number of carbonyl (C=O) groups is 1. The van der Waals surface area contributed by atoms with Crippen LogP contribution in [-0.2, 0) is 9.47 Å². The van der Waals surface area contributed by atoms with Gasteiger partial charge < -0.3 is 14.6 Å². The van der Waals surface area contributed by atoms with Gasteiger partial charge in [0.2, 0.25) is 0 Å². The second kappa shape index (κ2) is 4.14. The van der Waals surface area contributed by atoms with Crippen LogP contribution in [0.2, 0.25) is 0 Å². The van der Waals surface area contributed by atoms with E-state index >= 15 is 0 Å². The fourth-order valence-corrected chi connectivity index (χ4v) is 0.257. The van der Waals surface area contributed by atoms with Crippen molar-refractivity contribution in [3.63, 3.8) is 0 Å². The lowest BCUT2D eigenvalue weighted by Gasteiger charge is -2.06. The minimum atomic E-state index is -1.26. The minimum Gasteiger partial charge on any atom is -0.450 e. The van der Waals surface area contributed by atoms with Gasteiger partial charge in [-0.2, -0.15) is 0 Å². The molecule has 0 bridgehead atoms. The van der Waals surface area contributed by atoms with E-state index in [1.807, 2.05) is 0 Å². The Bertz CT molecular complexity index is 91.0. The second-order valence-electron chi connectivity index (χ2n) is 1.62. The van der Waals surface area contributed by atoms with E-state index in [1.54, 1.807) is 6.92 Å². The van der Waals surface area contributed by atoms with Gasteiger partial charge in [0.1, 0.15) is 6.61 Å². The number of methoxy groups -OCH3 is 1. The van der Waals surface area contributed by atoms with Gasteiger partial charge >= 0.3 is 6.16 Å². The smallest absolute Gasteiger partial charge is 0.450 e. The molecule has 9 heavy (non-hydrogen) atoms. The van der Waals surface area contributed by atoms with Crippen molar-refractivity contribution < 1.29 is 19.4 Å². The predicted molar refractivity (Wildman–Crippen MR) is 30.4 cm³/mol. The number of carboxylic acid groups (broad SMARTS) is 1. The first kappa shape index (κ1) is 8.23. The summed E-state index contributed by atoms with van der Waals surface area (Å²) in [7, 11) is 1.50. The van der Waals surface area contributed by atoms with Gasteiger partial charge in [0, 0.05) is 7.11 Å². The first-order valence-corrected chi connectivity index (χ1v) is 2.55. The summed E-state index contributed by atoms with van der Waals surface area (Å²) in [5.41, 5.74) is 0. The molecule has 4 heteroatoms. The molecule has 0 saturated carbocycles. The fourth-order valence-electron chi connectivity index (χ4n) is 0.257. The normalized spacial score (nSPS) is 12.7. The highest BCUT2D eigenvalue weighted by Gasteiger charge is 2.01. The minimum absolute atomic E-state index is 0.0891. The highest BCUT2D eigenvalue weighted by molar-refractivity contribution is 5.56. The standard InChI is InChI=1S/C5H10O4/c1-4(8-2)3-9-5(6)7/h4H,3H2,1-2H3,(H,6,7). The molecule has 0 spiro atoms. The Morgan fingerprint density at radius 2 is 2.33 bits per heavy atom. The van der Waals surface area contributed by atoms with E-state index in [2.05, 4.69) is 4.74 Å². The Labute approximate surface area is 53.4 Å². The summed E-state index contributed by atoms with van der Waals surface area (Å²) in [6.07, 6.45) is -1.43. The zero-order valence-electron chi connectivity index (χ0n) is 5.46. The Balaban J connectivity index is 3.16. The highest BCUT2D eigenvalue weighted by atomic mass is 16.7. The van der Waals surface area contributed by atoms with Crippen molar-refractivity contribution in [3.8, 4) is 0 Å². The molecule has 0 fully saturated rings. The van der Waals surface area contributed by atoms with Crippen molar-refractivity contribution in [2.24, 2.45) is 0 Å². The molecule has 0 aromatic rings. The Hall–Kier alpha value is -0.770. The van der Waals surface area contributed by atoms with Crippen LogP contribution in [0.25, 0.3) is 0 Å². The van der Waals surface area contributed by atoms with Gasteiger partial charge in [-0.3, -0.25) is 0 Å². The van der Waals surface area contributed by atoms with Crippen molar-refractivity contribution >= 4 is 6.16 Å². The monoisotopic (exact) mass is 134 g/mol. The maximum atomic E-state index is 9.74. The van der Waals surface area contributed by atoms with E-state index in [0.29, 0.717) is 0 Å². The van der Waals surface area contributed by atoms with E-state index in [4.69, 9.17) is 9.84 Å². The van der Waals surface area contributed by atoms with E-state index in [0.717, 1.165) is 0 Å². The van der Waals surface area contributed by atoms with E-state index < -0.39 is 6.16 Å². The van der Waals surface area contributed by atoms with Crippen molar-refractivity contribution in [2.75, 3.05) is 13.7 Å². The summed E-state index contributed by atoms with van der Waals surface area (Å²) in [5.74, 6) is 0. The lowest BCUT2D eigenvalue weighted by molar-refractivity contribution is 0.0251. The number of hydrogen-bond acceptors (Lipinski definition) is 3. The molecule has 0 aromatic heterocycles. The average molecular weight is 134 g/mol. The molecule has 0 rings (SSSR count). The lowest BCUT2D eigenvalue weighted by atomic mass is 10.4. The molecule has 0 aliphatic carbocycles. The summed E-state index contributed by atoms with van der Waals surface area (Å²) in [6.45, 7) is 1.81. The Morgan fingerprint density at radius 1 is 1.78 bits per heavy atom. The largest absolute Gasteiger partial charge is 0.505 e. The van der Waals surface area contributed by atoms with Crippen LogP contribution in [0.3, 0.4) is 0 Å². The maximum Gasteiger partial charge on any atom is 0.505 e. The quantitative estimate of drug-likeness (QED) is 0.577. The first-order valence-electron chi connectivity index (χ1n) is 2.55. The Morgan fingerprint density at radius 3 is 2.67 bits per heavy atom. The van der Waals surface area contributed by atoms with Gasteiger partial charge in [-0.1, -0.05) is 0 Å². The summed E-state index contributed by atoms with van der Waals surface area (Å²) in [4.78, 5) is 9.74. The molecule has 0 aliphatic rings. The molecule has 1 N–H and O–H groups in total. The van der Waals surface area contributed by atoms with Gasteiger partial charge in [0.25, 0.3) is 0 Å². The zero-order chi connectivity index (χ0) is 7.28. The van der Waals surface area contributed by atoms with Crippen LogP contribution in [0.15, 0.2) is 0 Å². The number of rotatable bonds is 3. The van der Waals surface area contributed by atoms with Crippen LogP contribution < -0.4 is 0 Å². The molecule has 4 nitrogen and oxygen atoms in total. The van der Waals surface area contributed by atoms with Gasteiger partial charge in [0.15, 0.2) is 0 Å². The molecule has 0 heterocycles. The SMILES string of the molecule is COC(C)COC(=O)O. The van der Waals surface area contributed by atoms with Crippen molar-refractivity contribution in [3.05, 3.63) is 0 Å². The molecular weight excluding hydrogens is 124 g/mol. The molecule has 54 valence electrons. The first-order chi connectivity index (χ1) is 4.16. The van der Waals surface area contributed by atoms with Crippen LogP contribution in [0, 0.1) is 0 Å². The van der Waals surface area contributed by atoms with Gasteiger partial charge in [0.05, 0.1) is 6.10 Å². The zero-order valence-corrected chi connectivity index (χ0v) is 5.46. The number of hydrogen-bond donors (Lipinski definition) is 1. The van der Waals surface area contributed by atoms with Crippen molar-refractivity contribution in [1.82, 2.24) is 0 Å². The predicted octanol–water partition coefficient (Wildman–Crippen LogP) is 0.716. The van der Waals surface area contributed by atoms with Gasteiger partial charge in [-0.25, -0.2) is 4.79 Å². The van der Waals surface area contributed by atoms with E-state index in [9.17, 15) is 4.79 Å². The summed E-state index contributed by atoms with van der Waals surface area (Å²) < 4.78 is 8.90. The van der Waals surface area contributed by atoms with Crippen molar-refractivity contribution in [2.45, 2.75) is 13.0 Å². The highest BCUT2D eigenvalue weighted by Crippen LogP contribution is 1.88. The summed E-state index contributed by atoms with van der Waals surface area (Å²) >= 11 is 0. The third-order valence-electron chi connectivity index (χ3n) is 0.844. The fraction of sp³-hybridized carbons (Fsp3) is 0.800. The van der Waals surface area contributed by atoms with Crippen LogP contribution in [0.4, 0.5) is 4.79 Å².